The van der Waals surface area contributed by atoms with Crippen molar-refractivity contribution in [2.45, 2.75) is 31.4 Å². The highest BCUT2D eigenvalue weighted by Crippen LogP contribution is 2.46. The summed E-state index contributed by atoms with van der Waals surface area (Å²) >= 11 is 0. The van der Waals surface area contributed by atoms with E-state index in [0.29, 0.717) is 5.92 Å². The van der Waals surface area contributed by atoms with E-state index < -0.39 is 0 Å². The van der Waals surface area contributed by atoms with E-state index in [-0.39, 0.29) is 5.60 Å². The van der Waals surface area contributed by atoms with Crippen LogP contribution in [0.2, 0.25) is 0 Å². The van der Waals surface area contributed by atoms with Crippen LogP contribution < -0.4 is 4.74 Å². The zero-order valence-electron chi connectivity index (χ0n) is 15.0. The number of hydrogen-bond donors (Lipinski definition) is 0. The lowest BCUT2D eigenvalue weighted by molar-refractivity contribution is -0.0814. The largest absolute Gasteiger partial charge is 0.469 e. The number of pyridine rings is 1. The highest BCUT2D eigenvalue weighted by atomic mass is 16.5. The van der Waals surface area contributed by atoms with Gasteiger partial charge in [0.15, 0.2) is 0 Å². The molecule has 1 spiro atoms. The SMILES string of the molecule is CN(C)Cc1cc(-c2cnc3c(c2)C[C@@]2(CN4CCC2CC4)O3)co1. The zero-order valence-corrected chi connectivity index (χ0v) is 15.0. The molecule has 0 radical (unpaired) electrons. The van der Waals surface area contributed by atoms with Crippen LogP contribution in [0.5, 0.6) is 5.88 Å². The quantitative estimate of drug-likeness (QED) is 0.860. The molecular weight excluding hydrogens is 314 g/mol. The molecule has 0 aromatic carbocycles. The van der Waals surface area contributed by atoms with E-state index in [4.69, 9.17) is 9.15 Å². The van der Waals surface area contributed by atoms with Crippen molar-refractivity contribution in [3.05, 3.63) is 35.9 Å². The van der Waals surface area contributed by atoms with E-state index in [0.717, 1.165) is 42.3 Å². The summed E-state index contributed by atoms with van der Waals surface area (Å²) < 4.78 is 12.1. The molecule has 6 heterocycles. The summed E-state index contributed by atoms with van der Waals surface area (Å²) in [7, 11) is 4.09. The molecule has 4 aliphatic rings. The highest BCUT2D eigenvalue weighted by molar-refractivity contribution is 5.64. The van der Waals surface area contributed by atoms with Crippen LogP contribution >= 0.6 is 0 Å². The van der Waals surface area contributed by atoms with Crippen molar-refractivity contribution in [2.75, 3.05) is 33.7 Å². The molecule has 0 saturated carbocycles. The Hall–Kier alpha value is -1.85. The summed E-state index contributed by atoms with van der Waals surface area (Å²) in [4.78, 5) is 9.30. The molecule has 5 heteroatoms. The molecule has 1 atom stereocenters. The van der Waals surface area contributed by atoms with Gasteiger partial charge in [0.2, 0.25) is 5.88 Å². The second-order valence-corrected chi connectivity index (χ2v) is 8.12. The summed E-state index contributed by atoms with van der Waals surface area (Å²) in [5, 5.41) is 0. The first-order valence-corrected chi connectivity index (χ1v) is 9.24. The number of nitrogens with zero attached hydrogens (tertiary/aromatic N) is 3. The van der Waals surface area contributed by atoms with Gasteiger partial charge in [0.25, 0.3) is 0 Å². The van der Waals surface area contributed by atoms with Gasteiger partial charge in [0.1, 0.15) is 11.4 Å². The fourth-order valence-corrected chi connectivity index (χ4v) is 4.79. The Morgan fingerprint density at radius 1 is 1.24 bits per heavy atom. The number of aromatic nitrogens is 1. The number of hydrogen-bond acceptors (Lipinski definition) is 5. The van der Waals surface area contributed by atoms with Crippen molar-refractivity contribution >= 4 is 0 Å². The lowest BCUT2D eigenvalue weighted by Gasteiger charge is -2.50. The topological polar surface area (TPSA) is 41.7 Å². The van der Waals surface area contributed by atoms with Crippen LogP contribution in [-0.4, -0.2) is 54.1 Å². The Morgan fingerprint density at radius 3 is 2.80 bits per heavy atom. The number of piperidine rings is 3. The molecule has 4 aliphatic heterocycles. The van der Waals surface area contributed by atoms with Crippen LogP contribution in [-0.2, 0) is 13.0 Å². The van der Waals surface area contributed by atoms with Crippen LogP contribution in [0.25, 0.3) is 11.1 Å². The minimum absolute atomic E-state index is 0.0308. The number of furan rings is 1. The molecule has 2 aromatic rings. The summed E-state index contributed by atoms with van der Waals surface area (Å²) in [5.41, 5.74) is 3.44. The average Bonchev–Trinajstić information content (AvgIpc) is 3.18. The molecule has 6 rings (SSSR count). The van der Waals surface area contributed by atoms with Gasteiger partial charge in [-0.3, -0.25) is 4.90 Å². The van der Waals surface area contributed by atoms with Crippen LogP contribution in [0.1, 0.15) is 24.2 Å². The minimum Gasteiger partial charge on any atom is -0.469 e. The maximum atomic E-state index is 6.44. The molecule has 0 unspecified atom stereocenters. The van der Waals surface area contributed by atoms with Crippen molar-refractivity contribution in [2.24, 2.45) is 5.92 Å². The Kier molecular flexibility index (Phi) is 3.44. The summed E-state index contributed by atoms with van der Waals surface area (Å²) in [6.07, 6.45) is 7.27. The maximum absolute atomic E-state index is 6.44. The van der Waals surface area contributed by atoms with Crippen LogP contribution in [0.4, 0.5) is 0 Å². The Labute approximate surface area is 148 Å². The average molecular weight is 339 g/mol. The zero-order chi connectivity index (χ0) is 17.0. The van der Waals surface area contributed by atoms with Gasteiger partial charge in [0, 0.05) is 41.8 Å². The van der Waals surface area contributed by atoms with E-state index in [1.165, 1.54) is 31.5 Å². The van der Waals surface area contributed by atoms with E-state index in [2.05, 4.69) is 26.9 Å². The van der Waals surface area contributed by atoms with Gasteiger partial charge in [-0.15, -0.1) is 0 Å². The van der Waals surface area contributed by atoms with Gasteiger partial charge in [-0.05, 0) is 52.2 Å². The Morgan fingerprint density at radius 2 is 2.08 bits per heavy atom. The molecule has 5 nitrogen and oxygen atoms in total. The first-order chi connectivity index (χ1) is 12.1. The highest BCUT2D eigenvalue weighted by Gasteiger charge is 2.52. The fraction of sp³-hybridized carbons (Fsp3) is 0.550. The lowest BCUT2D eigenvalue weighted by atomic mass is 9.73. The van der Waals surface area contributed by atoms with Gasteiger partial charge in [-0.1, -0.05) is 0 Å². The summed E-state index contributed by atoms with van der Waals surface area (Å²) in [6.45, 7) is 4.33. The molecule has 0 N–H and O–H groups in total. The molecule has 2 bridgehead atoms. The van der Waals surface area contributed by atoms with Crippen LogP contribution in [0.15, 0.2) is 29.0 Å². The molecule has 3 fully saturated rings. The molecule has 132 valence electrons. The maximum Gasteiger partial charge on any atom is 0.217 e. The third-order valence-electron chi connectivity index (χ3n) is 6.00. The monoisotopic (exact) mass is 339 g/mol. The predicted octanol–water partition coefficient (Wildman–Crippen LogP) is 2.80. The van der Waals surface area contributed by atoms with E-state index in [1.54, 1.807) is 0 Å². The summed E-state index contributed by atoms with van der Waals surface area (Å²) in [6, 6.07) is 4.36. The summed E-state index contributed by atoms with van der Waals surface area (Å²) in [5.74, 6) is 2.50. The number of ether oxygens (including phenoxy) is 1. The van der Waals surface area contributed by atoms with E-state index >= 15 is 0 Å². The van der Waals surface area contributed by atoms with E-state index in [1.807, 2.05) is 26.6 Å². The Balaban J connectivity index is 1.41. The number of fused-ring (bicyclic) bond motifs is 3. The van der Waals surface area contributed by atoms with Crippen molar-refractivity contribution < 1.29 is 9.15 Å². The fourth-order valence-electron chi connectivity index (χ4n) is 4.79. The second kappa shape index (κ2) is 5.58. The van der Waals surface area contributed by atoms with Crippen molar-refractivity contribution in [1.82, 2.24) is 14.8 Å². The second-order valence-electron chi connectivity index (χ2n) is 8.12. The normalized spacial score (nSPS) is 30.0. The van der Waals surface area contributed by atoms with Gasteiger partial charge in [0.05, 0.1) is 12.8 Å². The lowest BCUT2D eigenvalue weighted by Crippen LogP contribution is -2.61. The van der Waals surface area contributed by atoms with Crippen LogP contribution in [0.3, 0.4) is 0 Å². The first-order valence-electron chi connectivity index (χ1n) is 9.24. The van der Waals surface area contributed by atoms with Crippen molar-refractivity contribution in [3.8, 4) is 17.0 Å². The van der Waals surface area contributed by atoms with Gasteiger partial charge in [-0.25, -0.2) is 4.98 Å². The molecule has 0 amide bonds. The van der Waals surface area contributed by atoms with Gasteiger partial charge < -0.3 is 14.1 Å². The molecule has 3 saturated heterocycles. The third kappa shape index (κ3) is 2.57. The molecular formula is C20H25N3O2. The van der Waals surface area contributed by atoms with Crippen molar-refractivity contribution in [1.29, 1.82) is 0 Å². The Bertz CT molecular complexity index is 792. The molecule has 25 heavy (non-hydrogen) atoms. The molecule has 2 aromatic heterocycles. The van der Waals surface area contributed by atoms with Crippen LogP contribution in [0, 0.1) is 5.92 Å². The minimum atomic E-state index is -0.0308. The molecule has 0 aliphatic carbocycles. The van der Waals surface area contributed by atoms with E-state index in [9.17, 15) is 0 Å². The predicted molar refractivity (Wildman–Crippen MR) is 95.6 cm³/mol. The standard InChI is InChI=1S/C20H25N3O2/c1-22(2)11-18-8-16(12-24-18)15-7-14-9-20(25-19(14)21-10-15)13-23-5-3-17(20)4-6-23/h7-8,10,12,17H,3-6,9,11,13H2,1-2H3/t20-/m0/s1. The van der Waals surface area contributed by atoms with Crippen molar-refractivity contribution in [3.63, 3.8) is 0 Å². The first kappa shape index (κ1) is 15.4. The third-order valence-corrected chi connectivity index (χ3v) is 6.00. The number of rotatable bonds is 3. The van der Waals surface area contributed by atoms with Gasteiger partial charge >= 0.3 is 0 Å². The van der Waals surface area contributed by atoms with Gasteiger partial charge in [-0.2, -0.15) is 0 Å². The smallest absolute Gasteiger partial charge is 0.217 e.